The van der Waals surface area contributed by atoms with Crippen LogP contribution in [0.15, 0.2) is 48.5 Å². The lowest BCUT2D eigenvalue weighted by molar-refractivity contribution is -0.125. The number of sulfonamides is 1. The number of benzene rings is 2. The molecule has 8 heteroatoms. The highest BCUT2D eigenvalue weighted by Gasteiger charge is 2.22. The van der Waals surface area contributed by atoms with Gasteiger partial charge in [0.15, 0.2) is 6.10 Å². The molecule has 7 nitrogen and oxygen atoms in total. The minimum Gasteiger partial charge on any atom is -0.481 e. The summed E-state index contributed by atoms with van der Waals surface area (Å²) in [4.78, 5) is 12.1. The molecule has 1 amide bonds. The van der Waals surface area contributed by atoms with Crippen LogP contribution in [0.1, 0.15) is 23.6 Å². The van der Waals surface area contributed by atoms with Crippen molar-refractivity contribution in [3.63, 3.8) is 0 Å². The summed E-state index contributed by atoms with van der Waals surface area (Å²) in [7, 11) is -3.99. The van der Waals surface area contributed by atoms with Gasteiger partial charge in [-0.25, -0.2) is 13.1 Å². The Morgan fingerprint density at radius 3 is 2.38 bits per heavy atom. The molecule has 1 atom stereocenters. The maximum Gasteiger partial charge on any atom is 0.274 e. The third kappa shape index (κ3) is 5.07. The summed E-state index contributed by atoms with van der Waals surface area (Å²) in [6, 6.07) is 16.2. The van der Waals surface area contributed by atoms with Crippen LogP contribution in [0.4, 0.5) is 0 Å². The second-order valence-electron chi connectivity index (χ2n) is 5.39. The van der Waals surface area contributed by atoms with Crippen molar-refractivity contribution in [2.75, 3.05) is 0 Å². The predicted molar refractivity (Wildman–Crippen MR) is 93.2 cm³/mol. The minimum atomic E-state index is -3.99. The van der Waals surface area contributed by atoms with Crippen molar-refractivity contribution in [1.29, 1.82) is 10.5 Å². The molecule has 0 radical (unpaired) electrons. The van der Waals surface area contributed by atoms with E-state index in [1.807, 2.05) is 16.9 Å². The zero-order chi connectivity index (χ0) is 19.2. The van der Waals surface area contributed by atoms with E-state index in [0.717, 1.165) is 0 Å². The maximum absolute atomic E-state index is 12.2. The van der Waals surface area contributed by atoms with E-state index < -0.39 is 27.8 Å². The summed E-state index contributed by atoms with van der Waals surface area (Å²) in [5.41, 5.74) is 0.969. The van der Waals surface area contributed by atoms with Crippen LogP contribution in [0, 0.1) is 22.7 Å². The summed E-state index contributed by atoms with van der Waals surface area (Å²) < 4.78 is 31.7. The van der Waals surface area contributed by atoms with Crippen LogP contribution in [0.5, 0.6) is 5.75 Å². The number of nitrogens with zero attached hydrogens (tertiary/aromatic N) is 2. The minimum absolute atomic E-state index is 0.229. The quantitative estimate of drug-likeness (QED) is 0.829. The summed E-state index contributed by atoms with van der Waals surface area (Å²) in [5.74, 6) is -0.992. The topological polar surface area (TPSA) is 120 Å². The van der Waals surface area contributed by atoms with Crippen LogP contribution in [-0.2, 0) is 20.6 Å². The third-order valence-electron chi connectivity index (χ3n) is 3.40. The monoisotopic (exact) mass is 369 g/mol. The molecule has 0 saturated heterocycles. The number of nitrogens with one attached hydrogen (secondary N) is 1. The fourth-order valence-electron chi connectivity index (χ4n) is 2.10. The number of carbonyl (C=O) groups excluding carboxylic acids is 1. The first kappa shape index (κ1) is 19.0. The van der Waals surface area contributed by atoms with Gasteiger partial charge in [0.1, 0.15) is 5.75 Å². The van der Waals surface area contributed by atoms with Crippen molar-refractivity contribution in [2.24, 2.45) is 0 Å². The molecule has 2 aromatic rings. The molecule has 0 unspecified atom stereocenters. The lowest BCUT2D eigenvalue weighted by Gasteiger charge is -2.15. The van der Waals surface area contributed by atoms with Crippen molar-refractivity contribution in [3.05, 3.63) is 65.2 Å². The maximum atomic E-state index is 12.2. The summed E-state index contributed by atoms with van der Waals surface area (Å²) in [5, 5.41) is 17.8. The third-order valence-corrected chi connectivity index (χ3v) is 4.61. The number of hydrogen-bond acceptors (Lipinski definition) is 6. The molecule has 1 N–H and O–H groups in total. The fraction of sp³-hybridized carbons (Fsp3) is 0.167. The second-order valence-corrected chi connectivity index (χ2v) is 7.11. The summed E-state index contributed by atoms with van der Waals surface area (Å²) in [6.45, 7) is 1.41. The molecule has 0 heterocycles. The van der Waals surface area contributed by atoms with E-state index in [1.54, 1.807) is 12.1 Å². The number of amides is 1. The summed E-state index contributed by atoms with van der Waals surface area (Å²) >= 11 is 0. The molecule has 2 rings (SSSR count). The Hall–Kier alpha value is -3.36. The first-order chi connectivity index (χ1) is 12.3. The smallest absolute Gasteiger partial charge is 0.274 e. The highest BCUT2D eigenvalue weighted by atomic mass is 32.2. The first-order valence-electron chi connectivity index (χ1n) is 7.54. The molecule has 0 spiro atoms. The molecular weight excluding hydrogens is 354 g/mol. The fourth-order valence-corrected chi connectivity index (χ4v) is 3.30. The average Bonchev–Trinajstić information content (AvgIpc) is 2.62. The van der Waals surface area contributed by atoms with Gasteiger partial charge in [0.2, 0.25) is 10.0 Å². The highest BCUT2D eigenvalue weighted by molar-refractivity contribution is 7.89. The number of carbonyl (C=O) groups is 1. The Morgan fingerprint density at radius 1 is 1.12 bits per heavy atom. The van der Waals surface area contributed by atoms with E-state index in [9.17, 15) is 13.2 Å². The van der Waals surface area contributed by atoms with Crippen molar-refractivity contribution < 1.29 is 17.9 Å². The van der Waals surface area contributed by atoms with Crippen LogP contribution < -0.4 is 9.46 Å². The van der Waals surface area contributed by atoms with E-state index in [2.05, 4.69) is 0 Å². The summed E-state index contributed by atoms with van der Waals surface area (Å²) in [6.07, 6.45) is -1.07. The molecule has 132 valence electrons. The highest BCUT2D eigenvalue weighted by Crippen LogP contribution is 2.14. The van der Waals surface area contributed by atoms with Crippen LogP contribution >= 0.6 is 0 Å². The zero-order valence-corrected chi connectivity index (χ0v) is 14.7. The molecular formula is C18H15N3O4S. The molecule has 2 aromatic carbocycles. The Bertz CT molecular complexity index is 986. The standard InChI is InChI=1S/C18H15N3O4S/c1-13(25-17-8-6-14(10-19)7-9-17)18(22)21-26(23,24)12-16-5-3-2-4-15(16)11-20/h2-9,13H,12H2,1H3,(H,21,22)/t13-/m0/s1. The second kappa shape index (κ2) is 8.15. The van der Waals surface area contributed by atoms with Gasteiger partial charge >= 0.3 is 0 Å². The molecule has 0 aromatic heterocycles. The molecule has 0 fully saturated rings. The molecule has 0 aliphatic carbocycles. The van der Waals surface area contributed by atoms with Gasteiger partial charge in [0.05, 0.1) is 29.0 Å². The van der Waals surface area contributed by atoms with Gasteiger partial charge < -0.3 is 4.74 Å². The van der Waals surface area contributed by atoms with Gasteiger partial charge in [0, 0.05) is 0 Å². The van der Waals surface area contributed by atoms with Gasteiger partial charge in [-0.15, -0.1) is 0 Å². The van der Waals surface area contributed by atoms with Gasteiger partial charge in [-0.05, 0) is 42.8 Å². The van der Waals surface area contributed by atoms with Gasteiger partial charge in [-0.2, -0.15) is 10.5 Å². The first-order valence-corrected chi connectivity index (χ1v) is 9.19. The normalized spacial score (nSPS) is 11.7. The zero-order valence-electron chi connectivity index (χ0n) is 13.8. The SMILES string of the molecule is C[C@H](Oc1ccc(C#N)cc1)C(=O)NS(=O)(=O)Cc1ccccc1C#N. The average molecular weight is 369 g/mol. The number of ether oxygens (including phenoxy) is 1. The van der Waals surface area contributed by atoms with Gasteiger partial charge in [0.25, 0.3) is 5.91 Å². The van der Waals surface area contributed by atoms with Gasteiger partial charge in [-0.3, -0.25) is 4.79 Å². The van der Waals surface area contributed by atoms with E-state index >= 15 is 0 Å². The van der Waals surface area contributed by atoms with Crippen molar-refractivity contribution in [2.45, 2.75) is 18.8 Å². The Morgan fingerprint density at radius 2 is 1.77 bits per heavy atom. The number of hydrogen-bond donors (Lipinski definition) is 1. The van der Waals surface area contributed by atoms with Crippen LogP contribution in [0.3, 0.4) is 0 Å². The van der Waals surface area contributed by atoms with E-state index in [4.69, 9.17) is 15.3 Å². The van der Waals surface area contributed by atoms with E-state index in [0.29, 0.717) is 16.9 Å². The van der Waals surface area contributed by atoms with Crippen LogP contribution in [-0.4, -0.2) is 20.4 Å². The van der Waals surface area contributed by atoms with E-state index in [-0.39, 0.29) is 5.56 Å². The molecule has 0 aliphatic rings. The Labute approximate surface area is 151 Å². The van der Waals surface area contributed by atoms with Crippen LogP contribution in [0.2, 0.25) is 0 Å². The van der Waals surface area contributed by atoms with Crippen molar-refractivity contribution in [3.8, 4) is 17.9 Å². The molecule has 0 saturated carbocycles. The number of nitriles is 2. The largest absolute Gasteiger partial charge is 0.481 e. The Kier molecular flexibility index (Phi) is 5.94. The van der Waals surface area contributed by atoms with Crippen LogP contribution in [0.25, 0.3) is 0 Å². The Balaban J connectivity index is 2.02. The molecule has 0 bridgehead atoms. The van der Waals surface area contributed by atoms with Crippen molar-refractivity contribution >= 4 is 15.9 Å². The predicted octanol–water partition coefficient (Wildman–Crippen LogP) is 1.84. The number of rotatable bonds is 6. The van der Waals surface area contributed by atoms with Gasteiger partial charge in [-0.1, -0.05) is 18.2 Å². The molecule has 0 aliphatic heterocycles. The van der Waals surface area contributed by atoms with Crippen molar-refractivity contribution in [1.82, 2.24) is 4.72 Å². The van der Waals surface area contributed by atoms with E-state index in [1.165, 1.54) is 43.3 Å². The lowest BCUT2D eigenvalue weighted by Crippen LogP contribution is -2.40. The molecule has 26 heavy (non-hydrogen) atoms. The lowest BCUT2D eigenvalue weighted by atomic mass is 10.1.